The topological polar surface area (TPSA) is 52.7 Å². The van der Waals surface area contributed by atoms with Gasteiger partial charge in [0.25, 0.3) is 0 Å². The Morgan fingerprint density at radius 1 is 1.20 bits per heavy atom. The molecule has 20 heavy (non-hydrogen) atoms. The highest BCUT2D eigenvalue weighted by Gasteiger charge is 2.25. The molecule has 0 fully saturated rings. The Kier molecular flexibility index (Phi) is 4.80. The van der Waals surface area contributed by atoms with Crippen molar-refractivity contribution in [3.8, 4) is 0 Å². The number of fused-ring (bicyclic) bond motifs is 1. The van der Waals surface area contributed by atoms with Gasteiger partial charge in [-0.25, -0.2) is 8.42 Å². The van der Waals surface area contributed by atoms with E-state index in [2.05, 4.69) is 5.32 Å². The van der Waals surface area contributed by atoms with Crippen LogP contribution < -0.4 is 5.32 Å². The number of sulfonamides is 1. The molecule has 0 amide bonds. The fourth-order valence-electron chi connectivity index (χ4n) is 2.37. The van der Waals surface area contributed by atoms with Crippen molar-refractivity contribution in [1.29, 1.82) is 0 Å². The van der Waals surface area contributed by atoms with Crippen LogP contribution in [0.2, 0.25) is 0 Å². The van der Waals surface area contributed by atoms with Crippen molar-refractivity contribution in [2.45, 2.75) is 17.9 Å². The molecule has 6 heteroatoms. The molecule has 1 aliphatic rings. The quantitative estimate of drug-likeness (QED) is 0.861. The van der Waals surface area contributed by atoms with Gasteiger partial charge in [-0.1, -0.05) is 12.1 Å². The molecule has 1 heterocycles. The molecule has 5 nitrogen and oxygen atoms in total. The summed E-state index contributed by atoms with van der Waals surface area (Å²) >= 11 is 0. The first-order valence-corrected chi connectivity index (χ1v) is 8.29. The molecule has 0 saturated carbocycles. The number of rotatable bonds is 5. The first kappa shape index (κ1) is 15.4. The van der Waals surface area contributed by atoms with Gasteiger partial charge in [-0.05, 0) is 44.3 Å². The molecular formula is C14H23N3O2S. The predicted octanol–water partition coefficient (Wildman–Crippen LogP) is 0.514. The summed E-state index contributed by atoms with van der Waals surface area (Å²) in [7, 11) is 2.14. The highest BCUT2D eigenvalue weighted by molar-refractivity contribution is 7.89. The molecule has 0 unspecified atom stereocenters. The lowest BCUT2D eigenvalue weighted by atomic mass is 10.0. The Morgan fingerprint density at radius 2 is 1.95 bits per heavy atom. The van der Waals surface area contributed by atoms with Crippen molar-refractivity contribution in [2.24, 2.45) is 0 Å². The zero-order valence-electron chi connectivity index (χ0n) is 12.4. The van der Waals surface area contributed by atoms with Gasteiger partial charge in [-0.3, -0.25) is 0 Å². The van der Waals surface area contributed by atoms with Crippen molar-refractivity contribution in [2.75, 3.05) is 40.8 Å². The van der Waals surface area contributed by atoms with Crippen LogP contribution in [0, 0.1) is 0 Å². The van der Waals surface area contributed by atoms with Gasteiger partial charge in [0.2, 0.25) is 10.0 Å². The third-order valence-electron chi connectivity index (χ3n) is 3.65. The van der Waals surface area contributed by atoms with Crippen molar-refractivity contribution in [1.82, 2.24) is 14.5 Å². The number of likely N-dealkylation sites (N-methyl/N-ethyl adjacent to an activating group) is 2. The van der Waals surface area contributed by atoms with E-state index in [0.29, 0.717) is 18.0 Å². The maximum atomic E-state index is 12.7. The maximum absolute atomic E-state index is 12.7. The van der Waals surface area contributed by atoms with Crippen LogP contribution in [0.25, 0.3) is 0 Å². The standard InChI is InChI=1S/C14H23N3O2S/c1-16(2)9-10-17(3)20(18,19)14-6-4-5-12-11-15-8-7-13(12)14/h4-6,15H,7-11H2,1-3H3. The van der Waals surface area contributed by atoms with E-state index in [-0.39, 0.29) is 0 Å². The number of benzene rings is 1. The number of nitrogens with zero attached hydrogens (tertiary/aromatic N) is 2. The lowest BCUT2D eigenvalue weighted by molar-refractivity contribution is 0.358. The molecule has 112 valence electrons. The molecule has 1 N–H and O–H groups in total. The second kappa shape index (κ2) is 6.22. The van der Waals surface area contributed by atoms with E-state index in [1.165, 1.54) is 4.31 Å². The summed E-state index contributed by atoms with van der Waals surface area (Å²) in [6, 6.07) is 5.56. The van der Waals surface area contributed by atoms with Gasteiger partial charge in [-0.15, -0.1) is 0 Å². The summed E-state index contributed by atoms with van der Waals surface area (Å²) in [5.41, 5.74) is 2.07. The average molecular weight is 297 g/mol. The number of hydrogen-bond acceptors (Lipinski definition) is 4. The van der Waals surface area contributed by atoms with Gasteiger partial charge in [0.05, 0.1) is 4.90 Å². The van der Waals surface area contributed by atoms with Crippen molar-refractivity contribution in [3.05, 3.63) is 29.3 Å². The molecule has 0 radical (unpaired) electrons. The predicted molar refractivity (Wildman–Crippen MR) is 80.2 cm³/mol. The lowest BCUT2D eigenvalue weighted by Gasteiger charge is -2.24. The fraction of sp³-hybridized carbons (Fsp3) is 0.571. The average Bonchev–Trinajstić information content (AvgIpc) is 2.43. The molecule has 2 rings (SSSR count). The first-order chi connectivity index (χ1) is 9.43. The zero-order valence-corrected chi connectivity index (χ0v) is 13.2. The zero-order chi connectivity index (χ0) is 14.8. The highest BCUT2D eigenvalue weighted by atomic mass is 32.2. The SMILES string of the molecule is CN(C)CCN(C)S(=O)(=O)c1cccc2c1CCNC2. The van der Waals surface area contributed by atoms with E-state index in [1.807, 2.05) is 31.1 Å². The second-order valence-corrected chi connectivity index (χ2v) is 7.46. The first-order valence-electron chi connectivity index (χ1n) is 6.85. The van der Waals surface area contributed by atoms with Crippen LogP contribution in [0.5, 0.6) is 0 Å². The summed E-state index contributed by atoms with van der Waals surface area (Å²) in [4.78, 5) is 2.45. The maximum Gasteiger partial charge on any atom is 0.243 e. The Labute approximate surface area is 121 Å². The Morgan fingerprint density at radius 3 is 2.65 bits per heavy atom. The Bertz CT molecular complexity index is 570. The van der Waals surface area contributed by atoms with Crippen LogP contribution >= 0.6 is 0 Å². The lowest BCUT2D eigenvalue weighted by Crippen LogP contribution is -2.35. The monoisotopic (exact) mass is 297 g/mol. The minimum Gasteiger partial charge on any atom is -0.312 e. The van der Waals surface area contributed by atoms with E-state index in [9.17, 15) is 8.42 Å². The van der Waals surface area contributed by atoms with Crippen molar-refractivity contribution >= 4 is 10.0 Å². The Hall–Kier alpha value is -0.950. The Balaban J connectivity index is 2.30. The summed E-state index contributed by atoms with van der Waals surface area (Å²) in [6.45, 7) is 2.80. The summed E-state index contributed by atoms with van der Waals surface area (Å²) < 4.78 is 26.9. The second-order valence-electron chi connectivity index (χ2n) is 5.45. The summed E-state index contributed by atoms with van der Waals surface area (Å²) in [6.07, 6.45) is 0.770. The fourth-order valence-corrected chi connectivity index (χ4v) is 3.82. The van der Waals surface area contributed by atoms with Gasteiger partial charge in [0.15, 0.2) is 0 Å². The van der Waals surface area contributed by atoms with E-state index in [0.717, 1.165) is 30.6 Å². The largest absolute Gasteiger partial charge is 0.312 e. The van der Waals surface area contributed by atoms with Crippen LogP contribution in [0.1, 0.15) is 11.1 Å². The third kappa shape index (κ3) is 3.20. The molecular weight excluding hydrogens is 274 g/mol. The third-order valence-corrected chi connectivity index (χ3v) is 5.59. The molecule has 1 aliphatic heterocycles. The van der Waals surface area contributed by atoms with E-state index in [4.69, 9.17) is 0 Å². The number of hydrogen-bond donors (Lipinski definition) is 1. The minimum absolute atomic E-state index is 0.470. The molecule has 0 spiro atoms. The summed E-state index contributed by atoms with van der Waals surface area (Å²) in [5.74, 6) is 0. The van der Waals surface area contributed by atoms with Crippen LogP contribution in [-0.4, -0.2) is 58.4 Å². The van der Waals surface area contributed by atoms with E-state index in [1.54, 1.807) is 13.1 Å². The van der Waals surface area contributed by atoms with Crippen molar-refractivity contribution in [3.63, 3.8) is 0 Å². The molecule has 1 aromatic rings. The van der Waals surface area contributed by atoms with E-state index < -0.39 is 10.0 Å². The minimum atomic E-state index is -3.40. The van der Waals surface area contributed by atoms with Crippen LogP contribution in [0.4, 0.5) is 0 Å². The van der Waals surface area contributed by atoms with Crippen LogP contribution in [0.3, 0.4) is 0 Å². The van der Waals surface area contributed by atoms with Gasteiger partial charge >= 0.3 is 0 Å². The van der Waals surface area contributed by atoms with Crippen molar-refractivity contribution < 1.29 is 8.42 Å². The highest BCUT2D eigenvalue weighted by Crippen LogP contribution is 2.25. The van der Waals surface area contributed by atoms with Gasteiger partial charge in [0.1, 0.15) is 0 Å². The molecule has 0 saturated heterocycles. The van der Waals surface area contributed by atoms with Crippen LogP contribution in [-0.2, 0) is 23.0 Å². The van der Waals surface area contributed by atoms with E-state index >= 15 is 0 Å². The molecule has 0 atom stereocenters. The van der Waals surface area contributed by atoms with Gasteiger partial charge < -0.3 is 10.2 Å². The molecule has 0 bridgehead atoms. The smallest absolute Gasteiger partial charge is 0.243 e. The summed E-state index contributed by atoms with van der Waals surface area (Å²) in [5, 5.41) is 3.27. The molecule has 0 aliphatic carbocycles. The molecule has 1 aromatic carbocycles. The van der Waals surface area contributed by atoms with Gasteiger partial charge in [0, 0.05) is 26.7 Å². The normalized spacial score (nSPS) is 15.7. The van der Waals surface area contributed by atoms with Gasteiger partial charge in [-0.2, -0.15) is 4.31 Å². The molecule has 0 aromatic heterocycles. The number of nitrogens with one attached hydrogen (secondary N) is 1. The van der Waals surface area contributed by atoms with Crippen LogP contribution in [0.15, 0.2) is 23.1 Å².